The number of rotatable bonds is 7. The van der Waals surface area contributed by atoms with Gasteiger partial charge in [0.15, 0.2) is 11.6 Å². The number of imidazole rings is 1. The Balaban J connectivity index is 1.69. The zero-order valence-electron chi connectivity index (χ0n) is 17.7. The molecule has 3 heterocycles. The molecule has 0 unspecified atom stereocenters. The van der Waals surface area contributed by atoms with Crippen molar-refractivity contribution in [2.75, 3.05) is 25.0 Å². The molecule has 0 amide bonds. The molecule has 9 heteroatoms. The molecule has 9 nitrogen and oxygen atoms in total. The number of hydrogen-bond donors (Lipinski definition) is 2. The number of ketones is 1. The van der Waals surface area contributed by atoms with Crippen LogP contribution in [0.15, 0.2) is 64.8 Å². The Bertz CT molecular complexity index is 1200. The minimum Gasteiger partial charge on any atom is -0.394 e. The van der Waals surface area contributed by atoms with Crippen LogP contribution < -0.4 is 9.88 Å². The number of aliphatic hydroxyl groups is 1. The molecule has 0 aliphatic heterocycles. The van der Waals surface area contributed by atoms with Crippen LogP contribution in [-0.4, -0.2) is 56.2 Å². The average molecular weight is 420 g/mol. The van der Waals surface area contributed by atoms with Crippen molar-refractivity contribution in [3.8, 4) is 0 Å². The summed E-state index contributed by atoms with van der Waals surface area (Å²) in [5.74, 6) is 0.688. The van der Waals surface area contributed by atoms with Crippen LogP contribution in [-0.2, 0) is 18.4 Å². The van der Waals surface area contributed by atoms with E-state index in [9.17, 15) is 4.79 Å². The molecule has 0 bridgehead atoms. The van der Waals surface area contributed by atoms with E-state index in [0.717, 1.165) is 12.1 Å². The average Bonchev–Trinajstić information content (AvgIpc) is 3.33. The lowest BCUT2D eigenvalue weighted by Gasteiger charge is -2.13. The van der Waals surface area contributed by atoms with Crippen LogP contribution in [0.5, 0.6) is 0 Å². The second-order valence-corrected chi connectivity index (χ2v) is 7.45. The molecular formula is C22H26N7O2+. The van der Waals surface area contributed by atoms with E-state index in [1.54, 1.807) is 17.5 Å². The van der Waals surface area contributed by atoms with Gasteiger partial charge in [-0.1, -0.05) is 6.07 Å². The lowest BCUT2D eigenvalue weighted by Crippen LogP contribution is -2.24. The van der Waals surface area contributed by atoms with E-state index in [0.29, 0.717) is 35.0 Å². The number of carbonyl (C=O) groups is 1. The molecule has 0 saturated carbocycles. The molecule has 0 spiro atoms. The Morgan fingerprint density at radius 3 is 2.97 bits per heavy atom. The number of allylic oxidation sites excluding steroid dienone is 2. The van der Waals surface area contributed by atoms with Crippen LogP contribution in [0.4, 0.5) is 11.5 Å². The van der Waals surface area contributed by atoms with Crippen LogP contribution in [0.25, 0.3) is 5.52 Å². The zero-order valence-corrected chi connectivity index (χ0v) is 17.7. The van der Waals surface area contributed by atoms with Crippen molar-refractivity contribution in [2.45, 2.75) is 19.9 Å². The number of anilines is 1. The van der Waals surface area contributed by atoms with E-state index < -0.39 is 0 Å². The minimum atomic E-state index is -0.0751. The standard InChI is InChI=1S/C22H26N7O2/c1-16-13-18(17(14-20(16)31)23-7-12-30)25-21-19-5-3-4-8-29(19)26-22(21)24-6-9-28-11-10-27(2)15-28/h3-5,8,10-11,13,15,30H,6-7,9,12,14H2,1-2H3,(H,24,26)/q+1. The van der Waals surface area contributed by atoms with Crippen molar-refractivity contribution in [2.24, 2.45) is 17.0 Å². The summed E-state index contributed by atoms with van der Waals surface area (Å²) in [6.45, 7) is 3.40. The highest BCUT2D eigenvalue weighted by Crippen LogP contribution is 2.30. The quantitative estimate of drug-likeness (QED) is 0.566. The third kappa shape index (κ3) is 4.61. The largest absolute Gasteiger partial charge is 0.394 e. The Morgan fingerprint density at radius 2 is 2.19 bits per heavy atom. The fourth-order valence-electron chi connectivity index (χ4n) is 3.44. The van der Waals surface area contributed by atoms with E-state index in [4.69, 9.17) is 10.1 Å². The lowest BCUT2D eigenvalue weighted by atomic mass is 9.95. The van der Waals surface area contributed by atoms with E-state index in [2.05, 4.69) is 20.0 Å². The second-order valence-electron chi connectivity index (χ2n) is 7.45. The number of aliphatic hydroxyl groups excluding tert-OH is 1. The number of aliphatic imine (C=N–C) groups is 2. The fraction of sp³-hybridized carbons (Fsp3) is 0.318. The zero-order chi connectivity index (χ0) is 21.8. The summed E-state index contributed by atoms with van der Waals surface area (Å²) in [6, 6.07) is 5.81. The third-order valence-electron chi connectivity index (χ3n) is 5.05. The first kappa shape index (κ1) is 20.7. The Hall–Kier alpha value is -3.59. The number of Topliss-reactive ketones (excluding diaryl/α,β-unsaturated/α-hetero) is 1. The van der Waals surface area contributed by atoms with Gasteiger partial charge in [0.2, 0.25) is 6.33 Å². The molecule has 0 fully saturated rings. The molecule has 1 aliphatic rings. The predicted molar refractivity (Wildman–Crippen MR) is 119 cm³/mol. The molecule has 0 radical (unpaired) electrons. The maximum absolute atomic E-state index is 12.2. The summed E-state index contributed by atoms with van der Waals surface area (Å²) in [5.41, 5.74) is 3.42. The van der Waals surface area contributed by atoms with E-state index in [1.165, 1.54) is 0 Å². The highest BCUT2D eigenvalue weighted by atomic mass is 16.3. The molecule has 4 rings (SSSR count). The summed E-state index contributed by atoms with van der Waals surface area (Å²) >= 11 is 0. The summed E-state index contributed by atoms with van der Waals surface area (Å²) in [4.78, 5) is 21.4. The van der Waals surface area contributed by atoms with Gasteiger partial charge in [0.05, 0.1) is 50.1 Å². The van der Waals surface area contributed by atoms with Gasteiger partial charge in [-0.15, -0.1) is 5.10 Å². The number of nitrogens with one attached hydrogen (secondary N) is 1. The highest BCUT2D eigenvalue weighted by molar-refractivity contribution is 6.52. The van der Waals surface area contributed by atoms with E-state index >= 15 is 0 Å². The normalized spacial score (nSPS) is 17.0. The van der Waals surface area contributed by atoms with Gasteiger partial charge in [-0.3, -0.25) is 9.79 Å². The van der Waals surface area contributed by atoms with Gasteiger partial charge in [0.1, 0.15) is 24.6 Å². The number of nitrogens with zero attached hydrogens (tertiary/aromatic N) is 6. The van der Waals surface area contributed by atoms with Gasteiger partial charge in [-0.25, -0.2) is 18.6 Å². The van der Waals surface area contributed by atoms with Crippen molar-refractivity contribution >= 4 is 34.2 Å². The number of pyridine rings is 1. The predicted octanol–water partition coefficient (Wildman–Crippen LogP) is 1.50. The third-order valence-corrected chi connectivity index (χ3v) is 5.05. The summed E-state index contributed by atoms with van der Waals surface area (Å²) in [6.07, 6.45) is 9.86. The second kappa shape index (κ2) is 9.05. The Morgan fingerprint density at radius 1 is 1.32 bits per heavy atom. The number of carbonyl (C=O) groups excluding carboxylic acids is 1. The van der Waals surface area contributed by atoms with Crippen molar-refractivity contribution in [1.82, 2.24) is 14.2 Å². The summed E-state index contributed by atoms with van der Waals surface area (Å²) in [5, 5.41) is 17.2. The molecule has 1 aliphatic carbocycles. The summed E-state index contributed by atoms with van der Waals surface area (Å²) in [7, 11) is 1.99. The maximum Gasteiger partial charge on any atom is 0.243 e. The molecule has 0 aromatic carbocycles. The van der Waals surface area contributed by atoms with Crippen molar-refractivity contribution < 1.29 is 14.5 Å². The van der Waals surface area contributed by atoms with Gasteiger partial charge in [-0.05, 0) is 30.7 Å². The first-order valence-corrected chi connectivity index (χ1v) is 10.2. The van der Waals surface area contributed by atoms with Crippen molar-refractivity contribution in [3.63, 3.8) is 0 Å². The lowest BCUT2D eigenvalue weighted by molar-refractivity contribution is -0.671. The van der Waals surface area contributed by atoms with Crippen LogP contribution in [0.1, 0.15) is 13.3 Å². The molecule has 31 heavy (non-hydrogen) atoms. The molecule has 3 aromatic rings. The number of fused-ring (bicyclic) bond motifs is 1. The SMILES string of the molecule is CC1=CC(=Nc2c(NCCn3cc[n+](C)c3)nn3ccccc23)C(=NCCO)CC1=O. The van der Waals surface area contributed by atoms with Crippen LogP contribution >= 0.6 is 0 Å². The number of aryl methyl sites for hydroxylation is 1. The highest BCUT2D eigenvalue weighted by Gasteiger charge is 2.22. The molecule has 2 N–H and O–H groups in total. The van der Waals surface area contributed by atoms with Crippen LogP contribution in [0.3, 0.4) is 0 Å². The minimum absolute atomic E-state index is 0.0220. The smallest absolute Gasteiger partial charge is 0.243 e. The van der Waals surface area contributed by atoms with E-state index in [-0.39, 0.29) is 25.4 Å². The maximum atomic E-state index is 12.2. The Labute approximate surface area is 180 Å². The van der Waals surface area contributed by atoms with Crippen molar-refractivity contribution in [3.05, 3.63) is 54.8 Å². The van der Waals surface area contributed by atoms with Gasteiger partial charge < -0.3 is 10.4 Å². The number of hydrogen-bond acceptors (Lipinski definition) is 6. The Kier molecular flexibility index (Phi) is 6.03. The molecule has 3 aromatic heterocycles. The van der Waals surface area contributed by atoms with Crippen molar-refractivity contribution in [1.29, 1.82) is 0 Å². The topological polar surface area (TPSA) is 100 Å². The molecular weight excluding hydrogens is 394 g/mol. The summed E-state index contributed by atoms with van der Waals surface area (Å²) < 4.78 is 5.87. The molecule has 160 valence electrons. The molecule has 0 atom stereocenters. The van der Waals surface area contributed by atoms with Gasteiger partial charge in [0.25, 0.3) is 0 Å². The fourth-order valence-corrected chi connectivity index (χ4v) is 3.44. The van der Waals surface area contributed by atoms with Gasteiger partial charge in [0, 0.05) is 6.20 Å². The van der Waals surface area contributed by atoms with Crippen LogP contribution in [0.2, 0.25) is 0 Å². The number of aromatic nitrogens is 4. The molecule has 0 saturated heterocycles. The van der Waals surface area contributed by atoms with Gasteiger partial charge in [-0.2, -0.15) is 0 Å². The van der Waals surface area contributed by atoms with Crippen LogP contribution in [0, 0.1) is 0 Å². The van der Waals surface area contributed by atoms with E-state index in [1.807, 2.05) is 54.7 Å². The first-order chi connectivity index (χ1) is 15.0. The monoisotopic (exact) mass is 420 g/mol. The first-order valence-electron chi connectivity index (χ1n) is 10.2. The van der Waals surface area contributed by atoms with Gasteiger partial charge >= 0.3 is 0 Å².